The first-order chi connectivity index (χ1) is 17.8. The number of halogens is 1. The van der Waals surface area contributed by atoms with Crippen molar-refractivity contribution in [2.45, 2.75) is 51.0 Å². The first-order valence-electron chi connectivity index (χ1n) is 13.4. The Morgan fingerprint density at radius 3 is 2.76 bits per heavy atom. The lowest BCUT2D eigenvalue weighted by molar-refractivity contribution is -0.140. The maximum atomic E-state index is 15.5. The van der Waals surface area contributed by atoms with Gasteiger partial charge in [0.1, 0.15) is 5.82 Å². The molecule has 8 heteroatoms. The van der Waals surface area contributed by atoms with E-state index < -0.39 is 17.5 Å². The Balaban J connectivity index is 1.71. The lowest BCUT2D eigenvalue weighted by atomic mass is 9.72. The normalized spacial score (nSPS) is 21.4. The summed E-state index contributed by atoms with van der Waals surface area (Å²) in [5.41, 5.74) is 1.20. The molecular formula is C29H38FN3O4. The third kappa shape index (κ3) is 6.13. The van der Waals surface area contributed by atoms with Crippen LogP contribution in [0.5, 0.6) is 0 Å². The average Bonchev–Trinajstić information content (AvgIpc) is 3.45. The van der Waals surface area contributed by atoms with Crippen molar-refractivity contribution in [2.75, 3.05) is 32.7 Å². The van der Waals surface area contributed by atoms with Crippen molar-refractivity contribution < 1.29 is 24.2 Å². The van der Waals surface area contributed by atoms with E-state index in [1.165, 1.54) is 6.07 Å². The molecule has 3 unspecified atom stereocenters. The number of carbonyl (C=O) groups is 2. The van der Waals surface area contributed by atoms with Crippen LogP contribution in [0.2, 0.25) is 0 Å². The third-order valence-corrected chi connectivity index (χ3v) is 7.93. The predicted octanol–water partition coefficient (Wildman–Crippen LogP) is 4.14. The number of nitrogens with one attached hydrogen (secondary N) is 2. The number of piperidine rings is 1. The molecule has 200 valence electrons. The van der Waals surface area contributed by atoms with Gasteiger partial charge in [0.05, 0.1) is 11.5 Å². The lowest BCUT2D eigenvalue weighted by Crippen LogP contribution is -2.50. The van der Waals surface area contributed by atoms with E-state index in [4.69, 9.17) is 5.11 Å². The highest BCUT2D eigenvalue weighted by atomic mass is 19.1. The Bertz CT molecular complexity index is 1100. The second-order valence-electron chi connectivity index (χ2n) is 10.3. The minimum Gasteiger partial charge on any atom is -0.465 e. The molecule has 2 aliphatic rings. The number of aryl methyl sites for hydroxylation is 1. The Labute approximate surface area is 218 Å². The number of hydrogen-bond donors (Lipinski definition) is 4. The molecule has 0 spiro atoms. The summed E-state index contributed by atoms with van der Waals surface area (Å²) in [6.45, 7) is 4.77. The van der Waals surface area contributed by atoms with Gasteiger partial charge in [-0.05, 0) is 67.8 Å². The van der Waals surface area contributed by atoms with Crippen molar-refractivity contribution in [3.63, 3.8) is 0 Å². The molecule has 2 aromatic rings. The van der Waals surface area contributed by atoms with Gasteiger partial charge >= 0.3 is 6.09 Å². The molecule has 2 fully saturated rings. The van der Waals surface area contributed by atoms with Crippen molar-refractivity contribution in [1.29, 1.82) is 0 Å². The highest BCUT2D eigenvalue weighted by molar-refractivity contribution is 5.79. The van der Waals surface area contributed by atoms with E-state index in [9.17, 15) is 14.7 Å². The second kappa shape index (κ2) is 12.0. The van der Waals surface area contributed by atoms with Gasteiger partial charge in [-0.2, -0.15) is 0 Å². The Morgan fingerprint density at radius 2 is 2.03 bits per heavy atom. The zero-order chi connectivity index (χ0) is 26.4. The minimum atomic E-state index is -1.44. The van der Waals surface area contributed by atoms with Gasteiger partial charge in [-0.25, -0.2) is 9.18 Å². The first kappa shape index (κ1) is 27.1. The smallest absolute Gasteiger partial charge is 0.404 e. The van der Waals surface area contributed by atoms with Crippen LogP contribution in [-0.4, -0.2) is 59.8 Å². The molecule has 2 saturated heterocycles. The van der Waals surface area contributed by atoms with Gasteiger partial charge in [-0.1, -0.05) is 43.3 Å². The van der Waals surface area contributed by atoms with E-state index in [-0.39, 0.29) is 30.7 Å². The monoisotopic (exact) mass is 511 g/mol. The van der Waals surface area contributed by atoms with Crippen LogP contribution in [0.4, 0.5) is 9.18 Å². The van der Waals surface area contributed by atoms with Crippen molar-refractivity contribution in [1.82, 2.24) is 15.5 Å². The number of rotatable bonds is 9. The summed E-state index contributed by atoms with van der Waals surface area (Å²) in [6, 6.07) is 12.5. The number of nitrogens with zero attached hydrogens (tertiary/aromatic N) is 1. The molecule has 0 radical (unpaired) electrons. The van der Waals surface area contributed by atoms with Crippen molar-refractivity contribution in [2.24, 2.45) is 11.8 Å². The van der Waals surface area contributed by atoms with Crippen molar-refractivity contribution >= 4 is 12.0 Å². The summed E-state index contributed by atoms with van der Waals surface area (Å²) < 4.78 is 15.5. The SMILES string of the molecule is CCc1cccc(-c2c(F)cccc2C(O)(CCCNC(=O)O)C2CCCN(C(=O)C3CCNC3)C2)c1. The maximum Gasteiger partial charge on any atom is 0.404 e. The predicted molar refractivity (Wildman–Crippen MR) is 141 cm³/mol. The number of hydrogen-bond acceptors (Lipinski definition) is 4. The van der Waals surface area contributed by atoms with Gasteiger partial charge in [0.25, 0.3) is 0 Å². The van der Waals surface area contributed by atoms with Crippen LogP contribution in [-0.2, 0) is 16.8 Å². The van der Waals surface area contributed by atoms with Gasteiger partial charge in [0, 0.05) is 37.7 Å². The number of benzene rings is 2. The Hall–Kier alpha value is -2.97. The molecule has 2 aliphatic heterocycles. The van der Waals surface area contributed by atoms with Gasteiger partial charge in [-0.15, -0.1) is 0 Å². The average molecular weight is 512 g/mol. The molecule has 0 saturated carbocycles. The number of carboxylic acid groups (broad SMARTS) is 1. The van der Waals surface area contributed by atoms with Crippen LogP contribution in [0.25, 0.3) is 11.1 Å². The summed E-state index contributed by atoms with van der Waals surface area (Å²) in [6.07, 6.45) is 2.57. The minimum absolute atomic E-state index is 0.0480. The third-order valence-electron chi connectivity index (χ3n) is 7.93. The molecule has 37 heavy (non-hydrogen) atoms. The summed E-state index contributed by atoms with van der Waals surface area (Å²) in [5.74, 6) is -0.652. The van der Waals surface area contributed by atoms with Crippen LogP contribution in [0.3, 0.4) is 0 Å². The van der Waals surface area contributed by atoms with Gasteiger partial charge in [-0.3, -0.25) is 4.79 Å². The molecular weight excluding hydrogens is 473 g/mol. The molecule has 0 aliphatic carbocycles. The number of likely N-dealkylation sites (tertiary alicyclic amines) is 1. The highest BCUT2D eigenvalue weighted by Crippen LogP contribution is 2.44. The van der Waals surface area contributed by atoms with E-state index >= 15 is 4.39 Å². The lowest BCUT2D eigenvalue weighted by Gasteiger charge is -2.44. The summed E-state index contributed by atoms with van der Waals surface area (Å²) in [5, 5.41) is 27.1. The maximum absolute atomic E-state index is 15.5. The van der Waals surface area contributed by atoms with Crippen LogP contribution >= 0.6 is 0 Å². The Morgan fingerprint density at radius 1 is 1.22 bits per heavy atom. The van der Waals surface area contributed by atoms with E-state index in [1.54, 1.807) is 12.1 Å². The summed E-state index contributed by atoms with van der Waals surface area (Å²) >= 11 is 0. The zero-order valence-corrected chi connectivity index (χ0v) is 21.5. The number of aliphatic hydroxyl groups is 1. The molecule has 2 amide bonds. The van der Waals surface area contributed by atoms with Gasteiger partial charge in [0.15, 0.2) is 0 Å². The van der Waals surface area contributed by atoms with E-state index in [1.807, 2.05) is 36.1 Å². The fourth-order valence-electron chi connectivity index (χ4n) is 5.93. The molecule has 7 nitrogen and oxygen atoms in total. The molecule has 2 heterocycles. The molecule has 3 atom stereocenters. The van der Waals surface area contributed by atoms with Crippen LogP contribution in [0, 0.1) is 17.7 Å². The fourth-order valence-corrected chi connectivity index (χ4v) is 5.93. The molecule has 0 bridgehead atoms. The number of carbonyl (C=O) groups excluding carboxylic acids is 1. The summed E-state index contributed by atoms with van der Waals surface area (Å²) in [4.78, 5) is 26.1. The molecule has 4 N–H and O–H groups in total. The highest BCUT2D eigenvalue weighted by Gasteiger charge is 2.43. The van der Waals surface area contributed by atoms with Crippen LogP contribution < -0.4 is 10.6 Å². The van der Waals surface area contributed by atoms with Gasteiger partial charge in [0.2, 0.25) is 5.91 Å². The number of amides is 2. The van der Waals surface area contributed by atoms with E-state index in [0.29, 0.717) is 49.2 Å². The van der Waals surface area contributed by atoms with Crippen LogP contribution in [0.15, 0.2) is 42.5 Å². The van der Waals surface area contributed by atoms with E-state index in [0.717, 1.165) is 31.4 Å². The topological polar surface area (TPSA) is 102 Å². The van der Waals surface area contributed by atoms with Crippen molar-refractivity contribution in [3.05, 3.63) is 59.4 Å². The summed E-state index contributed by atoms with van der Waals surface area (Å²) in [7, 11) is 0. The quantitative estimate of drug-likeness (QED) is 0.379. The zero-order valence-electron chi connectivity index (χ0n) is 21.5. The largest absolute Gasteiger partial charge is 0.465 e. The standard InChI is InChI=1S/C29H38FN3O4/c1-2-20-7-3-8-21(17-20)26-24(10-4-11-25(26)30)29(37,13-6-14-32-28(35)36)23-9-5-16-33(19-23)27(34)22-12-15-31-18-22/h3-4,7-8,10-11,17,22-23,31-32,37H,2,5-6,9,12-16,18-19H2,1H3,(H,35,36). The molecule has 2 aromatic carbocycles. The van der Waals surface area contributed by atoms with E-state index in [2.05, 4.69) is 10.6 Å². The van der Waals surface area contributed by atoms with Crippen molar-refractivity contribution in [3.8, 4) is 11.1 Å². The fraction of sp³-hybridized carbons (Fsp3) is 0.517. The second-order valence-corrected chi connectivity index (χ2v) is 10.3. The van der Waals surface area contributed by atoms with Crippen LogP contribution in [0.1, 0.15) is 50.2 Å². The Kier molecular flexibility index (Phi) is 8.82. The molecule has 0 aromatic heterocycles. The van der Waals surface area contributed by atoms with Gasteiger partial charge < -0.3 is 25.7 Å². The first-order valence-corrected chi connectivity index (χ1v) is 13.4. The molecule has 4 rings (SSSR count).